The highest BCUT2D eigenvalue weighted by Crippen LogP contribution is 2.32. The lowest BCUT2D eigenvalue weighted by atomic mass is 10.0. The van der Waals surface area contributed by atoms with Crippen molar-refractivity contribution >= 4 is 28.5 Å². The summed E-state index contributed by atoms with van der Waals surface area (Å²) >= 11 is 6.12. The summed E-state index contributed by atoms with van der Waals surface area (Å²) in [4.78, 5) is 17.7. The Morgan fingerprint density at radius 3 is 3.05 bits per heavy atom. The Bertz CT molecular complexity index is 724. The third-order valence-electron chi connectivity index (χ3n) is 4.55. The molecule has 1 fully saturated rings. The Morgan fingerprint density at radius 2 is 2.29 bits per heavy atom. The molecule has 110 valence electrons. The quantitative estimate of drug-likeness (QED) is 0.824. The molecular weight excluding hydrogens is 288 g/mol. The molecule has 0 amide bonds. The number of aromatic nitrogens is 1. The van der Waals surface area contributed by atoms with Gasteiger partial charge < -0.3 is 9.72 Å². The molecule has 2 aliphatic rings. The predicted molar refractivity (Wildman–Crippen MR) is 81.4 cm³/mol. The lowest BCUT2D eigenvalue weighted by molar-refractivity contribution is -0.145. The van der Waals surface area contributed by atoms with Gasteiger partial charge in [0.2, 0.25) is 0 Å². The van der Waals surface area contributed by atoms with Gasteiger partial charge in [0.05, 0.1) is 0 Å². The number of benzene rings is 1. The largest absolute Gasteiger partial charge is 0.461 e. The van der Waals surface area contributed by atoms with E-state index < -0.39 is 0 Å². The summed E-state index contributed by atoms with van der Waals surface area (Å²) in [7, 11) is 0. The molecule has 1 saturated heterocycles. The van der Waals surface area contributed by atoms with E-state index in [-0.39, 0.29) is 18.1 Å². The van der Waals surface area contributed by atoms with Gasteiger partial charge >= 0.3 is 5.97 Å². The van der Waals surface area contributed by atoms with Gasteiger partial charge in [-0.05, 0) is 30.7 Å². The van der Waals surface area contributed by atoms with E-state index >= 15 is 0 Å². The summed E-state index contributed by atoms with van der Waals surface area (Å²) in [5, 5.41) is 1.91. The number of carbonyl (C=O) groups is 1. The van der Waals surface area contributed by atoms with Gasteiger partial charge in [0, 0.05) is 47.6 Å². The Balaban J connectivity index is 1.69. The van der Waals surface area contributed by atoms with Crippen LogP contribution in [0.25, 0.3) is 10.9 Å². The van der Waals surface area contributed by atoms with Crippen LogP contribution in [0.4, 0.5) is 0 Å². The van der Waals surface area contributed by atoms with Crippen molar-refractivity contribution < 1.29 is 9.53 Å². The summed E-state index contributed by atoms with van der Waals surface area (Å²) in [6.07, 6.45) is 1.75. The minimum atomic E-state index is -0.0997. The second-order valence-electron chi connectivity index (χ2n) is 5.99. The van der Waals surface area contributed by atoms with Crippen LogP contribution in [-0.2, 0) is 22.5 Å². The first-order valence-corrected chi connectivity index (χ1v) is 7.73. The lowest BCUT2D eigenvalue weighted by Gasteiger charge is -2.30. The molecule has 5 heteroatoms. The number of nitrogens with zero attached hydrogens (tertiary/aromatic N) is 1. The normalized spacial score (nSPS) is 26.1. The summed E-state index contributed by atoms with van der Waals surface area (Å²) in [6, 6.07) is 5.83. The van der Waals surface area contributed by atoms with Crippen molar-refractivity contribution in [3.63, 3.8) is 0 Å². The maximum Gasteiger partial charge on any atom is 0.323 e. The number of esters is 1. The van der Waals surface area contributed by atoms with Crippen molar-refractivity contribution in [3.8, 4) is 0 Å². The van der Waals surface area contributed by atoms with Crippen LogP contribution in [0.3, 0.4) is 0 Å². The highest BCUT2D eigenvalue weighted by molar-refractivity contribution is 6.31. The number of nitrogens with one attached hydrogen (secondary N) is 1. The Morgan fingerprint density at radius 1 is 1.43 bits per heavy atom. The molecule has 0 saturated carbocycles. The van der Waals surface area contributed by atoms with Crippen LogP contribution >= 0.6 is 11.6 Å². The molecule has 3 heterocycles. The molecule has 0 spiro atoms. The van der Waals surface area contributed by atoms with Gasteiger partial charge in [-0.2, -0.15) is 0 Å². The smallest absolute Gasteiger partial charge is 0.323 e. The van der Waals surface area contributed by atoms with E-state index in [9.17, 15) is 4.79 Å². The van der Waals surface area contributed by atoms with Crippen LogP contribution in [0.15, 0.2) is 18.2 Å². The van der Waals surface area contributed by atoms with E-state index in [1.54, 1.807) is 0 Å². The third kappa shape index (κ3) is 2.14. The predicted octanol–water partition coefficient (Wildman–Crippen LogP) is 2.88. The van der Waals surface area contributed by atoms with Crippen molar-refractivity contribution in [2.24, 2.45) is 0 Å². The standard InChI is InChI=1S/C16H17ClN2O2/c1-9-6-15(16(20)21-9)19-5-4-14-12(8-19)11-7-10(17)2-3-13(11)18-14/h2-3,7,9,15,18H,4-6,8H2,1H3/t9-,15+/m0/s1. The van der Waals surface area contributed by atoms with Crippen molar-refractivity contribution in [1.82, 2.24) is 9.88 Å². The van der Waals surface area contributed by atoms with Gasteiger partial charge in [0.1, 0.15) is 12.1 Å². The number of fused-ring (bicyclic) bond motifs is 3. The van der Waals surface area contributed by atoms with Crippen molar-refractivity contribution in [2.45, 2.75) is 38.5 Å². The van der Waals surface area contributed by atoms with Gasteiger partial charge in [0.25, 0.3) is 0 Å². The number of rotatable bonds is 1. The summed E-state index contributed by atoms with van der Waals surface area (Å²) in [6.45, 7) is 3.63. The number of aromatic amines is 1. The molecule has 4 rings (SSSR count). The Labute approximate surface area is 128 Å². The van der Waals surface area contributed by atoms with E-state index in [2.05, 4.69) is 9.88 Å². The van der Waals surface area contributed by atoms with E-state index in [1.165, 1.54) is 16.6 Å². The molecule has 0 bridgehead atoms. The number of halogens is 1. The molecule has 4 nitrogen and oxygen atoms in total. The average Bonchev–Trinajstić information content (AvgIpc) is 2.98. The molecule has 0 aliphatic carbocycles. The Hall–Kier alpha value is -1.52. The molecule has 2 aliphatic heterocycles. The van der Waals surface area contributed by atoms with Gasteiger partial charge in [-0.1, -0.05) is 11.6 Å². The molecule has 1 aromatic heterocycles. The maximum absolute atomic E-state index is 12.0. The van der Waals surface area contributed by atoms with Crippen LogP contribution in [0.5, 0.6) is 0 Å². The van der Waals surface area contributed by atoms with E-state index in [1.807, 2.05) is 25.1 Å². The number of cyclic esters (lactones) is 1. The van der Waals surface area contributed by atoms with Crippen LogP contribution in [0, 0.1) is 0 Å². The molecule has 2 atom stereocenters. The molecule has 2 aromatic rings. The van der Waals surface area contributed by atoms with Crippen LogP contribution in [0.2, 0.25) is 5.02 Å². The number of ether oxygens (including phenoxy) is 1. The first-order valence-electron chi connectivity index (χ1n) is 7.35. The fraction of sp³-hybridized carbons (Fsp3) is 0.438. The second kappa shape index (κ2) is 4.75. The molecule has 1 aromatic carbocycles. The van der Waals surface area contributed by atoms with E-state index in [0.717, 1.165) is 36.5 Å². The van der Waals surface area contributed by atoms with Gasteiger partial charge in [-0.3, -0.25) is 9.69 Å². The second-order valence-corrected chi connectivity index (χ2v) is 6.43. The van der Waals surface area contributed by atoms with Crippen LogP contribution < -0.4 is 0 Å². The number of hydrogen-bond acceptors (Lipinski definition) is 3. The van der Waals surface area contributed by atoms with E-state index in [4.69, 9.17) is 16.3 Å². The molecular formula is C16H17ClN2O2. The zero-order valence-electron chi connectivity index (χ0n) is 11.9. The highest BCUT2D eigenvalue weighted by Gasteiger charge is 2.38. The number of H-pyrrole nitrogens is 1. The SMILES string of the molecule is C[C@H]1C[C@@H](N2CCc3[nH]c4ccc(Cl)cc4c3C2)C(=O)O1. The minimum absolute atomic E-state index is 0.0290. The van der Waals surface area contributed by atoms with Gasteiger partial charge in [-0.25, -0.2) is 0 Å². The fourth-order valence-corrected chi connectivity index (χ4v) is 3.68. The molecule has 1 N–H and O–H groups in total. The topological polar surface area (TPSA) is 45.3 Å². The summed E-state index contributed by atoms with van der Waals surface area (Å²) < 4.78 is 5.29. The van der Waals surface area contributed by atoms with Crippen LogP contribution in [0.1, 0.15) is 24.6 Å². The summed E-state index contributed by atoms with van der Waals surface area (Å²) in [5.41, 5.74) is 3.66. The average molecular weight is 305 g/mol. The molecule has 0 radical (unpaired) electrons. The van der Waals surface area contributed by atoms with Crippen molar-refractivity contribution in [3.05, 3.63) is 34.5 Å². The first-order chi connectivity index (χ1) is 10.1. The fourth-order valence-electron chi connectivity index (χ4n) is 3.51. The third-order valence-corrected chi connectivity index (χ3v) is 4.79. The van der Waals surface area contributed by atoms with Crippen LogP contribution in [-0.4, -0.2) is 34.5 Å². The van der Waals surface area contributed by atoms with Gasteiger partial charge in [0.15, 0.2) is 0 Å². The zero-order valence-corrected chi connectivity index (χ0v) is 12.6. The molecule has 0 unspecified atom stereocenters. The monoisotopic (exact) mass is 304 g/mol. The maximum atomic E-state index is 12.0. The summed E-state index contributed by atoms with van der Waals surface area (Å²) in [5.74, 6) is -0.0798. The first kappa shape index (κ1) is 13.2. The van der Waals surface area contributed by atoms with E-state index in [0.29, 0.717) is 0 Å². The molecule has 21 heavy (non-hydrogen) atoms. The van der Waals surface area contributed by atoms with Crippen molar-refractivity contribution in [2.75, 3.05) is 6.54 Å². The van der Waals surface area contributed by atoms with Gasteiger partial charge in [-0.15, -0.1) is 0 Å². The highest BCUT2D eigenvalue weighted by atomic mass is 35.5. The number of hydrogen-bond donors (Lipinski definition) is 1. The van der Waals surface area contributed by atoms with Crippen molar-refractivity contribution in [1.29, 1.82) is 0 Å². The lowest BCUT2D eigenvalue weighted by Crippen LogP contribution is -2.41. The number of carbonyl (C=O) groups excluding carboxylic acids is 1. The zero-order chi connectivity index (χ0) is 14.6. The minimum Gasteiger partial charge on any atom is -0.461 e. The Kier molecular flexibility index (Phi) is 2.98.